The van der Waals surface area contributed by atoms with Crippen LogP contribution in [0.3, 0.4) is 0 Å². The zero-order valence-corrected chi connectivity index (χ0v) is 21.0. The summed E-state index contributed by atoms with van der Waals surface area (Å²) in [5, 5.41) is 4.29. The fourth-order valence-electron chi connectivity index (χ4n) is 4.00. The van der Waals surface area contributed by atoms with Crippen LogP contribution in [0.2, 0.25) is 5.02 Å². The minimum atomic E-state index is -4.82. The van der Waals surface area contributed by atoms with Gasteiger partial charge < -0.3 is 9.72 Å². The van der Waals surface area contributed by atoms with Gasteiger partial charge in [-0.1, -0.05) is 41.9 Å². The van der Waals surface area contributed by atoms with E-state index in [0.29, 0.717) is 18.3 Å². The molecule has 0 aliphatic carbocycles. The lowest BCUT2D eigenvalue weighted by molar-refractivity contribution is -0.137. The second kappa shape index (κ2) is 10.6. The molecule has 1 unspecified atom stereocenters. The predicted molar refractivity (Wildman–Crippen MR) is 139 cm³/mol. The van der Waals surface area contributed by atoms with E-state index >= 15 is 0 Å². The number of benzene rings is 2. The number of thioether (sulfide) groups is 1. The third-order valence-electron chi connectivity index (χ3n) is 5.78. The van der Waals surface area contributed by atoms with Gasteiger partial charge in [-0.05, 0) is 23.8 Å². The molecule has 0 aliphatic rings. The molecule has 196 valence electrons. The van der Waals surface area contributed by atoms with Crippen molar-refractivity contribution in [2.75, 3.05) is 12.4 Å². The molecule has 0 spiro atoms. The summed E-state index contributed by atoms with van der Waals surface area (Å²) in [6.07, 6.45) is -1.56. The third-order valence-corrected chi connectivity index (χ3v) is 7.53. The molecule has 13 heteroatoms. The average molecular weight is 562 g/mol. The number of nitrogens with zero attached hydrogens (tertiary/aromatic N) is 3. The average Bonchev–Trinajstić information content (AvgIpc) is 3.31. The SMILES string of the molecule is O=c1[nH]c(=O)c2cc(C(F)(F)F)c(Cl)c(SCC(COCc3ccccc3)n3ncc4cccnc43)c2[nH]1. The summed E-state index contributed by atoms with van der Waals surface area (Å²) >= 11 is 7.19. The zero-order chi connectivity index (χ0) is 26.9. The number of alkyl halides is 3. The molecule has 3 heterocycles. The van der Waals surface area contributed by atoms with E-state index in [-0.39, 0.29) is 28.2 Å². The van der Waals surface area contributed by atoms with Crippen LogP contribution in [0, 0.1) is 0 Å². The van der Waals surface area contributed by atoms with Crippen molar-refractivity contribution >= 4 is 45.3 Å². The summed E-state index contributed by atoms with van der Waals surface area (Å²) in [6, 6.07) is 13.3. The number of rotatable bonds is 8. The number of halogens is 4. The third kappa shape index (κ3) is 5.33. The Kier molecular flexibility index (Phi) is 7.28. The Morgan fingerprint density at radius 3 is 2.66 bits per heavy atom. The molecule has 2 aromatic carbocycles. The number of aromatic amines is 2. The van der Waals surface area contributed by atoms with Crippen LogP contribution in [0.1, 0.15) is 17.2 Å². The summed E-state index contributed by atoms with van der Waals surface area (Å²) in [7, 11) is 0. The Morgan fingerprint density at radius 1 is 1.11 bits per heavy atom. The van der Waals surface area contributed by atoms with Gasteiger partial charge in [-0.15, -0.1) is 11.8 Å². The molecule has 2 N–H and O–H groups in total. The minimum Gasteiger partial charge on any atom is -0.375 e. The van der Waals surface area contributed by atoms with Crippen LogP contribution in [0.5, 0.6) is 0 Å². The first-order valence-corrected chi connectivity index (χ1v) is 12.7. The molecule has 0 aliphatic heterocycles. The van der Waals surface area contributed by atoms with Gasteiger partial charge in [0.2, 0.25) is 0 Å². The number of pyridine rings is 1. The van der Waals surface area contributed by atoms with Crippen LogP contribution < -0.4 is 11.2 Å². The van der Waals surface area contributed by atoms with Crippen molar-refractivity contribution in [3.8, 4) is 0 Å². The summed E-state index contributed by atoms with van der Waals surface area (Å²) in [6.45, 7) is 0.464. The number of hydrogen-bond donors (Lipinski definition) is 2. The first-order valence-electron chi connectivity index (χ1n) is 11.3. The fraction of sp³-hybridized carbons (Fsp3) is 0.200. The quantitative estimate of drug-likeness (QED) is 0.253. The molecule has 3 aromatic heterocycles. The Bertz CT molecular complexity index is 1720. The maximum absolute atomic E-state index is 13.8. The summed E-state index contributed by atoms with van der Waals surface area (Å²) < 4.78 is 48.9. The van der Waals surface area contributed by atoms with Crippen molar-refractivity contribution in [1.82, 2.24) is 24.7 Å². The van der Waals surface area contributed by atoms with E-state index in [1.54, 1.807) is 23.1 Å². The van der Waals surface area contributed by atoms with E-state index in [9.17, 15) is 22.8 Å². The molecular weight excluding hydrogens is 543 g/mol. The normalized spacial score (nSPS) is 12.8. The molecule has 0 radical (unpaired) electrons. The van der Waals surface area contributed by atoms with E-state index in [0.717, 1.165) is 22.7 Å². The highest BCUT2D eigenvalue weighted by atomic mass is 35.5. The number of aromatic nitrogens is 5. The molecule has 0 bridgehead atoms. The van der Waals surface area contributed by atoms with Crippen LogP contribution in [-0.2, 0) is 17.5 Å². The Labute approximate surface area is 221 Å². The number of H-pyrrole nitrogens is 2. The maximum atomic E-state index is 13.8. The zero-order valence-electron chi connectivity index (χ0n) is 19.5. The monoisotopic (exact) mass is 561 g/mol. The van der Waals surface area contributed by atoms with E-state index in [4.69, 9.17) is 16.3 Å². The molecule has 5 aromatic rings. The van der Waals surface area contributed by atoms with Crippen LogP contribution >= 0.6 is 23.4 Å². The van der Waals surface area contributed by atoms with Crippen molar-refractivity contribution < 1.29 is 17.9 Å². The van der Waals surface area contributed by atoms with Gasteiger partial charge in [0.05, 0.1) is 51.8 Å². The van der Waals surface area contributed by atoms with Gasteiger partial charge in [0.25, 0.3) is 5.56 Å². The lowest BCUT2D eigenvalue weighted by Crippen LogP contribution is -2.23. The fourth-order valence-corrected chi connectivity index (χ4v) is 5.56. The molecule has 0 saturated carbocycles. The smallest absolute Gasteiger partial charge is 0.375 e. The van der Waals surface area contributed by atoms with Crippen LogP contribution in [0.25, 0.3) is 21.9 Å². The number of nitrogens with one attached hydrogen (secondary N) is 2. The van der Waals surface area contributed by atoms with E-state index in [1.807, 2.05) is 41.4 Å². The van der Waals surface area contributed by atoms with Gasteiger partial charge in [0.15, 0.2) is 5.65 Å². The first kappa shape index (κ1) is 26.0. The standard InChI is InChI=1S/C25H19ClF3N5O3S/c26-19-18(25(27,28)29)9-17-20(32-24(36)33-23(17)35)21(19)38-13-16(12-37-11-14-5-2-1-3-6-14)34-22-15(10-31-34)7-4-8-30-22/h1-10,16H,11-13H2,(H2,32,33,35,36). The number of fused-ring (bicyclic) bond motifs is 2. The number of hydrogen-bond acceptors (Lipinski definition) is 6. The Morgan fingerprint density at radius 2 is 1.89 bits per heavy atom. The second-order valence-corrected chi connectivity index (χ2v) is 9.77. The van der Waals surface area contributed by atoms with Gasteiger partial charge in [0, 0.05) is 17.3 Å². The van der Waals surface area contributed by atoms with Crippen molar-refractivity contribution in [1.29, 1.82) is 0 Å². The highest BCUT2D eigenvalue weighted by molar-refractivity contribution is 7.99. The van der Waals surface area contributed by atoms with Gasteiger partial charge in [-0.2, -0.15) is 18.3 Å². The Hall–Kier alpha value is -3.61. The van der Waals surface area contributed by atoms with E-state index in [1.165, 1.54) is 0 Å². The first-order chi connectivity index (χ1) is 18.2. The highest BCUT2D eigenvalue weighted by Crippen LogP contribution is 2.43. The van der Waals surface area contributed by atoms with Crippen LogP contribution in [0.4, 0.5) is 13.2 Å². The van der Waals surface area contributed by atoms with Gasteiger partial charge >= 0.3 is 11.9 Å². The van der Waals surface area contributed by atoms with Crippen molar-refractivity contribution in [3.05, 3.63) is 97.9 Å². The second-order valence-electron chi connectivity index (χ2n) is 8.37. The predicted octanol–water partition coefficient (Wildman–Crippen LogP) is 5.18. The van der Waals surface area contributed by atoms with Crippen LogP contribution in [-0.4, -0.2) is 37.1 Å². The Balaban J connectivity index is 1.52. The molecule has 0 saturated heterocycles. The minimum absolute atomic E-state index is 0.0721. The van der Waals surface area contributed by atoms with Gasteiger partial charge in [-0.25, -0.2) is 14.5 Å². The summed E-state index contributed by atoms with van der Waals surface area (Å²) in [5.41, 5.74) is -1.52. The van der Waals surface area contributed by atoms with Gasteiger partial charge in [-0.3, -0.25) is 9.78 Å². The summed E-state index contributed by atoms with van der Waals surface area (Å²) in [5.74, 6) is 0.146. The molecule has 38 heavy (non-hydrogen) atoms. The van der Waals surface area contributed by atoms with E-state index < -0.39 is 34.1 Å². The van der Waals surface area contributed by atoms with Crippen LogP contribution in [0.15, 0.2) is 75.4 Å². The van der Waals surface area contributed by atoms with Crippen molar-refractivity contribution in [2.24, 2.45) is 0 Å². The lowest BCUT2D eigenvalue weighted by Gasteiger charge is -2.20. The van der Waals surface area contributed by atoms with Crippen molar-refractivity contribution in [3.63, 3.8) is 0 Å². The molecule has 5 rings (SSSR count). The highest BCUT2D eigenvalue weighted by Gasteiger charge is 2.36. The summed E-state index contributed by atoms with van der Waals surface area (Å²) in [4.78, 5) is 33.0. The molecular formula is C25H19ClF3N5O3S. The largest absolute Gasteiger partial charge is 0.417 e. The molecule has 8 nitrogen and oxygen atoms in total. The maximum Gasteiger partial charge on any atom is 0.417 e. The van der Waals surface area contributed by atoms with Crippen molar-refractivity contribution in [2.45, 2.75) is 23.7 Å². The molecule has 0 fully saturated rings. The lowest BCUT2D eigenvalue weighted by atomic mass is 10.1. The van der Waals surface area contributed by atoms with Gasteiger partial charge in [0.1, 0.15) is 0 Å². The topological polar surface area (TPSA) is 106 Å². The van der Waals surface area contributed by atoms with E-state index in [2.05, 4.69) is 15.1 Å². The molecule has 0 amide bonds. The molecule has 1 atom stereocenters. The number of ether oxygens (including phenoxy) is 1.